The van der Waals surface area contributed by atoms with E-state index in [0.29, 0.717) is 16.7 Å². The van der Waals surface area contributed by atoms with Gasteiger partial charge in [-0.15, -0.1) is 0 Å². The van der Waals surface area contributed by atoms with Gasteiger partial charge in [0.1, 0.15) is 0 Å². The third kappa shape index (κ3) is 2.04. The standard InChI is InChI=1S/C14H9BrN2O3/c15-9-2-4-10(5-3-9)17-12-7-8(13(18)19)1-6-11(12)16-14(17)20/h1-7H,(H,16,20)(H,18,19). The minimum atomic E-state index is -1.03. The molecule has 5 nitrogen and oxygen atoms in total. The molecule has 1 heterocycles. The number of H-pyrrole nitrogens is 1. The van der Waals surface area contributed by atoms with Gasteiger partial charge >= 0.3 is 11.7 Å². The van der Waals surface area contributed by atoms with Gasteiger partial charge in [0, 0.05) is 4.47 Å². The number of nitrogens with zero attached hydrogens (tertiary/aromatic N) is 1. The predicted octanol–water partition coefficient (Wildman–Crippen LogP) is 2.78. The van der Waals surface area contributed by atoms with E-state index in [1.54, 1.807) is 18.2 Å². The van der Waals surface area contributed by atoms with Crippen LogP contribution in [-0.2, 0) is 0 Å². The monoisotopic (exact) mass is 332 g/mol. The smallest absolute Gasteiger partial charge is 0.335 e. The Morgan fingerprint density at radius 1 is 1.15 bits per heavy atom. The number of rotatable bonds is 2. The van der Waals surface area contributed by atoms with Gasteiger partial charge in [-0.2, -0.15) is 0 Å². The van der Waals surface area contributed by atoms with Crippen molar-refractivity contribution in [1.29, 1.82) is 0 Å². The average molecular weight is 333 g/mol. The molecule has 0 aliphatic rings. The Hall–Kier alpha value is -2.34. The molecule has 0 amide bonds. The summed E-state index contributed by atoms with van der Waals surface area (Å²) in [6, 6.07) is 11.8. The summed E-state index contributed by atoms with van der Waals surface area (Å²) in [7, 11) is 0. The highest BCUT2D eigenvalue weighted by molar-refractivity contribution is 9.10. The predicted molar refractivity (Wildman–Crippen MR) is 78.6 cm³/mol. The van der Waals surface area contributed by atoms with Gasteiger partial charge in [-0.05, 0) is 42.5 Å². The first-order valence-corrected chi connectivity index (χ1v) is 6.59. The Morgan fingerprint density at radius 2 is 1.85 bits per heavy atom. The Morgan fingerprint density at radius 3 is 2.50 bits per heavy atom. The van der Waals surface area contributed by atoms with E-state index in [9.17, 15) is 9.59 Å². The quantitative estimate of drug-likeness (QED) is 0.757. The molecule has 2 aromatic carbocycles. The third-order valence-electron chi connectivity index (χ3n) is 3.02. The number of imidazole rings is 1. The lowest BCUT2D eigenvalue weighted by atomic mass is 10.2. The van der Waals surface area contributed by atoms with Crippen LogP contribution in [0, 0.1) is 0 Å². The summed E-state index contributed by atoms with van der Waals surface area (Å²) in [5.41, 5.74) is 1.65. The zero-order valence-corrected chi connectivity index (χ0v) is 11.7. The maximum Gasteiger partial charge on any atom is 0.335 e. The van der Waals surface area contributed by atoms with E-state index in [4.69, 9.17) is 5.11 Å². The highest BCUT2D eigenvalue weighted by atomic mass is 79.9. The second kappa shape index (κ2) is 4.64. The van der Waals surface area contributed by atoms with E-state index in [0.717, 1.165) is 4.47 Å². The van der Waals surface area contributed by atoms with E-state index in [2.05, 4.69) is 20.9 Å². The average Bonchev–Trinajstić information content (AvgIpc) is 2.75. The van der Waals surface area contributed by atoms with Crippen molar-refractivity contribution in [3.05, 3.63) is 63.0 Å². The minimum absolute atomic E-state index is 0.141. The normalized spacial score (nSPS) is 10.8. The number of halogens is 1. The number of carboxylic acid groups (broad SMARTS) is 1. The topological polar surface area (TPSA) is 75.1 Å². The molecule has 0 radical (unpaired) electrons. The Kier molecular flexibility index (Phi) is 2.94. The summed E-state index contributed by atoms with van der Waals surface area (Å²) >= 11 is 3.33. The van der Waals surface area contributed by atoms with Crippen LogP contribution < -0.4 is 5.69 Å². The second-order valence-corrected chi connectivity index (χ2v) is 5.19. The molecule has 0 fully saturated rings. The van der Waals surface area contributed by atoms with Crippen LogP contribution in [0.5, 0.6) is 0 Å². The zero-order chi connectivity index (χ0) is 14.3. The maximum absolute atomic E-state index is 12.1. The molecular weight excluding hydrogens is 324 g/mol. The molecule has 0 aliphatic heterocycles. The molecule has 0 bridgehead atoms. The van der Waals surface area contributed by atoms with E-state index >= 15 is 0 Å². The van der Waals surface area contributed by atoms with Crippen molar-refractivity contribution in [1.82, 2.24) is 9.55 Å². The molecule has 2 N–H and O–H groups in total. The minimum Gasteiger partial charge on any atom is -0.478 e. The maximum atomic E-state index is 12.1. The molecule has 0 spiro atoms. The molecule has 0 aliphatic carbocycles. The number of aromatic amines is 1. The lowest BCUT2D eigenvalue weighted by Gasteiger charge is -2.04. The molecule has 3 rings (SSSR count). The van der Waals surface area contributed by atoms with Crippen molar-refractivity contribution in [3.63, 3.8) is 0 Å². The van der Waals surface area contributed by atoms with Crippen molar-refractivity contribution in [2.75, 3.05) is 0 Å². The third-order valence-corrected chi connectivity index (χ3v) is 3.54. The lowest BCUT2D eigenvalue weighted by molar-refractivity contribution is 0.0697. The summed E-state index contributed by atoms with van der Waals surface area (Å²) in [4.78, 5) is 25.8. The van der Waals surface area contributed by atoms with Gasteiger partial charge in [-0.3, -0.25) is 4.57 Å². The number of benzene rings is 2. The summed E-state index contributed by atoms with van der Waals surface area (Å²) in [6.07, 6.45) is 0. The second-order valence-electron chi connectivity index (χ2n) is 4.28. The van der Waals surface area contributed by atoms with Gasteiger partial charge in [0.25, 0.3) is 0 Å². The van der Waals surface area contributed by atoms with Crippen molar-refractivity contribution >= 4 is 32.9 Å². The van der Waals surface area contributed by atoms with E-state index in [1.165, 1.54) is 16.7 Å². The van der Waals surface area contributed by atoms with E-state index < -0.39 is 5.97 Å². The van der Waals surface area contributed by atoms with Gasteiger partial charge in [-0.25, -0.2) is 9.59 Å². The molecule has 100 valence electrons. The van der Waals surface area contributed by atoms with Crippen molar-refractivity contribution in [3.8, 4) is 5.69 Å². The van der Waals surface area contributed by atoms with Crippen LogP contribution in [0.1, 0.15) is 10.4 Å². The van der Waals surface area contributed by atoms with Crippen LogP contribution >= 0.6 is 15.9 Å². The van der Waals surface area contributed by atoms with E-state index in [-0.39, 0.29) is 11.3 Å². The summed E-state index contributed by atoms with van der Waals surface area (Å²) in [5, 5.41) is 9.05. The first kappa shape index (κ1) is 12.7. The highest BCUT2D eigenvalue weighted by Gasteiger charge is 2.11. The number of aromatic carboxylic acids is 1. The van der Waals surface area contributed by atoms with E-state index in [1.807, 2.05) is 12.1 Å². The molecule has 20 heavy (non-hydrogen) atoms. The fourth-order valence-electron chi connectivity index (χ4n) is 2.08. The molecule has 0 atom stereocenters. The first-order chi connectivity index (χ1) is 9.56. The van der Waals surface area contributed by atoms with Crippen molar-refractivity contribution in [2.45, 2.75) is 0 Å². The number of carboxylic acids is 1. The SMILES string of the molecule is O=C(O)c1ccc2[nH]c(=O)n(-c3ccc(Br)cc3)c2c1. The number of hydrogen-bond acceptors (Lipinski definition) is 2. The van der Waals surface area contributed by atoms with Crippen LogP contribution in [0.2, 0.25) is 0 Å². The molecule has 6 heteroatoms. The molecule has 1 aromatic heterocycles. The largest absolute Gasteiger partial charge is 0.478 e. The first-order valence-electron chi connectivity index (χ1n) is 5.80. The van der Waals surface area contributed by atoms with Gasteiger partial charge in [0.15, 0.2) is 0 Å². The fourth-order valence-corrected chi connectivity index (χ4v) is 2.35. The molecule has 0 unspecified atom stereocenters. The van der Waals surface area contributed by atoms with Gasteiger partial charge in [-0.1, -0.05) is 15.9 Å². The number of nitrogens with one attached hydrogen (secondary N) is 1. The zero-order valence-electron chi connectivity index (χ0n) is 10.1. The van der Waals surface area contributed by atoms with Crippen LogP contribution in [0.25, 0.3) is 16.7 Å². The highest BCUT2D eigenvalue weighted by Crippen LogP contribution is 2.19. The van der Waals surface area contributed by atoms with Crippen LogP contribution in [-0.4, -0.2) is 20.6 Å². The summed E-state index contributed by atoms with van der Waals surface area (Å²) < 4.78 is 2.36. The summed E-state index contributed by atoms with van der Waals surface area (Å²) in [5.74, 6) is -1.03. The van der Waals surface area contributed by atoms with Gasteiger partial charge in [0.05, 0.1) is 22.3 Å². The molecule has 3 aromatic rings. The number of carbonyl (C=O) groups is 1. The van der Waals surface area contributed by atoms with Crippen LogP contribution in [0.15, 0.2) is 51.7 Å². The Labute approximate surface area is 121 Å². The fraction of sp³-hybridized carbons (Fsp3) is 0. The van der Waals surface area contributed by atoms with Gasteiger partial charge in [0.2, 0.25) is 0 Å². The molecule has 0 saturated heterocycles. The Balaban J connectivity index is 2.31. The molecule has 0 saturated carbocycles. The van der Waals surface area contributed by atoms with Crippen LogP contribution in [0.3, 0.4) is 0 Å². The van der Waals surface area contributed by atoms with Crippen molar-refractivity contribution in [2.24, 2.45) is 0 Å². The van der Waals surface area contributed by atoms with Gasteiger partial charge < -0.3 is 10.1 Å². The number of fused-ring (bicyclic) bond motifs is 1. The molecular formula is C14H9BrN2O3. The lowest BCUT2D eigenvalue weighted by Crippen LogP contribution is -2.14. The van der Waals surface area contributed by atoms with Crippen LogP contribution in [0.4, 0.5) is 0 Å². The Bertz CT molecular complexity index is 862. The summed E-state index contributed by atoms with van der Waals surface area (Å²) in [6.45, 7) is 0. The van der Waals surface area contributed by atoms with Crippen molar-refractivity contribution < 1.29 is 9.90 Å². The number of hydrogen-bond donors (Lipinski definition) is 2. The number of aromatic nitrogens is 2.